The largest absolute Gasteiger partial charge is 0.489 e. The lowest BCUT2D eigenvalue weighted by Gasteiger charge is -2.11. The summed E-state index contributed by atoms with van der Waals surface area (Å²) in [5, 5.41) is 3.52. The third kappa shape index (κ3) is 5.70. The minimum absolute atomic E-state index is 0.0788. The van der Waals surface area contributed by atoms with Crippen LogP contribution >= 0.6 is 11.8 Å². The zero-order valence-corrected chi connectivity index (χ0v) is 15.5. The van der Waals surface area contributed by atoms with Gasteiger partial charge in [0, 0.05) is 17.8 Å². The predicted molar refractivity (Wildman–Crippen MR) is 96.5 cm³/mol. The number of carbonyl (C=O) groups excluding carboxylic acids is 1. The summed E-state index contributed by atoms with van der Waals surface area (Å²) in [5.41, 5.74) is 2.83. The molecule has 0 spiro atoms. The molecule has 0 unspecified atom stereocenters. The van der Waals surface area contributed by atoms with Crippen LogP contribution in [0.1, 0.15) is 23.4 Å². The van der Waals surface area contributed by atoms with Gasteiger partial charge in [-0.05, 0) is 44.2 Å². The van der Waals surface area contributed by atoms with Crippen LogP contribution in [-0.2, 0) is 11.2 Å². The van der Waals surface area contributed by atoms with Crippen molar-refractivity contribution in [3.8, 4) is 5.75 Å². The fourth-order valence-electron chi connectivity index (χ4n) is 2.40. The summed E-state index contributed by atoms with van der Waals surface area (Å²) in [4.78, 5) is 20.8. The van der Waals surface area contributed by atoms with Gasteiger partial charge in [0.1, 0.15) is 6.61 Å². The van der Waals surface area contributed by atoms with Gasteiger partial charge in [0.25, 0.3) is 0 Å². The second-order valence-corrected chi connectivity index (χ2v) is 6.26. The van der Waals surface area contributed by atoms with Crippen molar-refractivity contribution in [2.75, 3.05) is 19.4 Å². The van der Waals surface area contributed by atoms with Gasteiger partial charge in [-0.1, -0.05) is 23.9 Å². The summed E-state index contributed by atoms with van der Waals surface area (Å²) in [6, 6.07) is 6.19. The lowest BCUT2D eigenvalue weighted by Crippen LogP contribution is -2.28. The average Bonchev–Trinajstić information content (AvgIpc) is 2.59. The number of nitrogens with zero attached hydrogens (tertiary/aromatic N) is 2. The lowest BCUT2D eigenvalue weighted by atomic mass is 10.1. The Morgan fingerprint density at radius 3 is 2.56 bits per heavy atom. The van der Waals surface area contributed by atoms with Crippen LogP contribution in [0.25, 0.3) is 0 Å². The number of nitrogens with one attached hydrogen (secondary N) is 1. The molecule has 2 rings (SSSR count). The number of ether oxygens (including phenoxy) is 1. The van der Waals surface area contributed by atoms with E-state index in [0.29, 0.717) is 19.4 Å². The Hall–Kier alpha value is -2.15. The molecule has 0 aliphatic carbocycles. The van der Waals surface area contributed by atoms with Crippen molar-refractivity contribution < 1.29 is 13.9 Å². The second kappa shape index (κ2) is 9.36. The Morgan fingerprint density at radius 2 is 1.92 bits per heavy atom. The third-order valence-corrected chi connectivity index (χ3v) is 4.25. The van der Waals surface area contributed by atoms with E-state index in [2.05, 4.69) is 15.3 Å². The van der Waals surface area contributed by atoms with Gasteiger partial charge in [-0.2, -0.15) is 0 Å². The Morgan fingerprint density at radius 1 is 1.24 bits per heavy atom. The summed E-state index contributed by atoms with van der Waals surface area (Å²) < 4.78 is 18.7. The van der Waals surface area contributed by atoms with Crippen molar-refractivity contribution in [1.29, 1.82) is 0 Å². The van der Waals surface area contributed by atoms with Gasteiger partial charge in [-0.3, -0.25) is 4.79 Å². The number of carbonyl (C=O) groups is 1. The number of thioether (sulfide) groups is 1. The first-order valence-electron chi connectivity index (χ1n) is 8.03. The monoisotopic (exact) mass is 363 g/mol. The quantitative estimate of drug-likeness (QED) is 0.444. The molecule has 134 valence electrons. The second-order valence-electron chi connectivity index (χ2n) is 5.49. The summed E-state index contributed by atoms with van der Waals surface area (Å²) in [6.45, 7) is 4.41. The van der Waals surface area contributed by atoms with Gasteiger partial charge < -0.3 is 10.1 Å². The van der Waals surface area contributed by atoms with E-state index in [9.17, 15) is 9.18 Å². The minimum Gasteiger partial charge on any atom is -0.489 e. The topological polar surface area (TPSA) is 64.1 Å². The normalized spacial score (nSPS) is 10.6. The lowest BCUT2D eigenvalue weighted by molar-refractivity contribution is -0.121. The fraction of sp³-hybridized carbons (Fsp3) is 0.389. The highest BCUT2D eigenvalue weighted by molar-refractivity contribution is 7.98. The van der Waals surface area contributed by atoms with E-state index in [1.54, 1.807) is 18.2 Å². The van der Waals surface area contributed by atoms with Crippen LogP contribution < -0.4 is 10.1 Å². The SMILES string of the molecule is CSc1nc(C)c(CCC(=O)NCCOc2ccccc2F)c(C)n1. The number of hydrogen-bond acceptors (Lipinski definition) is 5. The minimum atomic E-state index is -0.409. The van der Waals surface area contributed by atoms with E-state index in [-0.39, 0.29) is 18.3 Å². The maximum atomic E-state index is 13.4. The summed E-state index contributed by atoms with van der Waals surface area (Å²) in [5.74, 6) is -0.299. The number of benzene rings is 1. The van der Waals surface area contributed by atoms with E-state index >= 15 is 0 Å². The van der Waals surface area contributed by atoms with Crippen molar-refractivity contribution in [2.24, 2.45) is 0 Å². The Kier molecular flexibility index (Phi) is 7.18. The maximum Gasteiger partial charge on any atom is 0.220 e. The fourth-order valence-corrected chi connectivity index (χ4v) is 2.86. The van der Waals surface area contributed by atoms with Crippen LogP contribution in [0.2, 0.25) is 0 Å². The molecule has 5 nitrogen and oxygen atoms in total. The first kappa shape index (κ1) is 19.2. The van der Waals surface area contributed by atoms with E-state index in [4.69, 9.17) is 4.74 Å². The van der Waals surface area contributed by atoms with Crippen LogP contribution in [-0.4, -0.2) is 35.3 Å². The zero-order chi connectivity index (χ0) is 18.2. The average molecular weight is 363 g/mol. The molecule has 0 bridgehead atoms. The molecule has 1 aromatic carbocycles. The molecule has 0 saturated heterocycles. The van der Waals surface area contributed by atoms with Crippen LogP contribution in [0, 0.1) is 19.7 Å². The molecule has 0 radical (unpaired) electrons. The smallest absolute Gasteiger partial charge is 0.220 e. The van der Waals surface area contributed by atoms with E-state index in [1.165, 1.54) is 17.8 Å². The Balaban J connectivity index is 1.75. The first-order valence-corrected chi connectivity index (χ1v) is 9.26. The van der Waals surface area contributed by atoms with Gasteiger partial charge in [0.15, 0.2) is 16.7 Å². The highest BCUT2D eigenvalue weighted by Gasteiger charge is 2.10. The number of amides is 1. The first-order chi connectivity index (χ1) is 12.0. The Labute approximate surface area is 151 Å². The molecule has 0 aliphatic heterocycles. The standard InChI is InChI=1S/C18H22FN3O2S/c1-12-14(13(2)22-18(21-12)25-3)8-9-17(23)20-10-11-24-16-7-5-4-6-15(16)19/h4-7H,8-11H2,1-3H3,(H,20,23). The zero-order valence-electron chi connectivity index (χ0n) is 14.6. The molecule has 2 aromatic rings. The summed E-state index contributed by atoms with van der Waals surface area (Å²) in [7, 11) is 0. The molecule has 1 N–H and O–H groups in total. The molecule has 25 heavy (non-hydrogen) atoms. The van der Waals surface area contributed by atoms with Gasteiger partial charge >= 0.3 is 0 Å². The maximum absolute atomic E-state index is 13.4. The molecule has 0 atom stereocenters. The molecule has 7 heteroatoms. The molecule has 0 aliphatic rings. The summed E-state index contributed by atoms with van der Waals surface area (Å²) >= 11 is 1.50. The highest BCUT2D eigenvalue weighted by atomic mass is 32.2. The van der Waals surface area contributed by atoms with Crippen LogP contribution in [0.3, 0.4) is 0 Å². The van der Waals surface area contributed by atoms with E-state index in [1.807, 2.05) is 20.1 Å². The van der Waals surface area contributed by atoms with E-state index < -0.39 is 5.82 Å². The Bertz CT molecular complexity index is 717. The van der Waals surface area contributed by atoms with Crippen molar-refractivity contribution in [3.63, 3.8) is 0 Å². The predicted octanol–water partition coefficient (Wildman–Crippen LogP) is 3.08. The molecule has 1 heterocycles. The molecule has 0 fully saturated rings. The summed E-state index contributed by atoms with van der Waals surface area (Å²) in [6.07, 6.45) is 2.88. The van der Waals surface area contributed by atoms with Crippen molar-refractivity contribution >= 4 is 17.7 Å². The molecule has 1 amide bonds. The molecular weight excluding hydrogens is 341 g/mol. The van der Waals surface area contributed by atoms with Gasteiger partial charge in [-0.15, -0.1) is 0 Å². The number of rotatable bonds is 8. The third-order valence-electron chi connectivity index (χ3n) is 3.70. The number of para-hydroxylation sites is 1. The van der Waals surface area contributed by atoms with Crippen molar-refractivity contribution in [1.82, 2.24) is 15.3 Å². The molecular formula is C18H22FN3O2S. The van der Waals surface area contributed by atoms with Crippen LogP contribution in [0.4, 0.5) is 4.39 Å². The highest BCUT2D eigenvalue weighted by Crippen LogP contribution is 2.17. The van der Waals surface area contributed by atoms with Crippen LogP contribution in [0.5, 0.6) is 5.75 Å². The molecule has 0 saturated carbocycles. The van der Waals surface area contributed by atoms with Crippen LogP contribution in [0.15, 0.2) is 29.4 Å². The number of halogens is 1. The van der Waals surface area contributed by atoms with Gasteiger partial charge in [-0.25, -0.2) is 14.4 Å². The number of aryl methyl sites for hydroxylation is 2. The molecule has 1 aromatic heterocycles. The van der Waals surface area contributed by atoms with Crippen molar-refractivity contribution in [3.05, 3.63) is 47.0 Å². The van der Waals surface area contributed by atoms with E-state index in [0.717, 1.165) is 22.1 Å². The van der Waals surface area contributed by atoms with Gasteiger partial charge in [0.05, 0.1) is 6.54 Å². The van der Waals surface area contributed by atoms with Crippen molar-refractivity contribution in [2.45, 2.75) is 31.8 Å². The number of hydrogen-bond donors (Lipinski definition) is 1. The number of aromatic nitrogens is 2. The van der Waals surface area contributed by atoms with Gasteiger partial charge in [0.2, 0.25) is 5.91 Å².